The minimum Gasteiger partial charge on any atom is -0.467 e. The lowest BCUT2D eigenvalue weighted by atomic mass is 9.98. The number of hydrogen-bond donors (Lipinski definition) is 0. The molecule has 0 bridgehead atoms. The monoisotopic (exact) mass is 781 g/mol. The summed E-state index contributed by atoms with van der Waals surface area (Å²) in [4.78, 5) is 7.10. The molecule has 0 N–H and O–H groups in total. The van der Waals surface area contributed by atoms with Gasteiger partial charge in [0, 0.05) is 45.5 Å². The number of hydrogen-bond acceptors (Lipinski definition) is 3. The minimum atomic E-state index is 0.00636. The summed E-state index contributed by atoms with van der Waals surface area (Å²) in [6, 6.07) is 72.6. The number of aliphatic imine (C=N–C) groups is 1. The summed E-state index contributed by atoms with van der Waals surface area (Å²) in [6.07, 6.45) is 7.09. The van der Waals surface area contributed by atoms with Crippen LogP contribution < -0.4 is 4.90 Å². The largest absolute Gasteiger partial charge is 0.467 e. The summed E-state index contributed by atoms with van der Waals surface area (Å²) in [6.45, 7) is 0. The molecule has 288 valence electrons. The molecule has 0 saturated heterocycles. The first-order valence-electron chi connectivity index (χ1n) is 20.9. The van der Waals surface area contributed by atoms with Gasteiger partial charge in [0.1, 0.15) is 6.10 Å². The van der Waals surface area contributed by atoms with Crippen LogP contribution in [-0.4, -0.2) is 16.6 Å². The molecule has 1 aliphatic heterocycles. The molecule has 9 aromatic carbocycles. The Morgan fingerprint density at radius 1 is 0.459 bits per heavy atom. The maximum atomic E-state index is 6.23. The highest BCUT2D eigenvalue weighted by Gasteiger charge is 2.27. The van der Waals surface area contributed by atoms with Crippen LogP contribution in [-0.2, 0) is 4.74 Å². The number of benzene rings is 9. The summed E-state index contributed by atoms with van der Waals surface area (Å²) in [5.74, 6) is 0.682. The van der Waals surface area contributed by atoms with Crippen molar-refractivity contribution >= 4 is 66.3 Å². The molecule has 61 heavy (non-hydrogen) atoms. The van der Waals surface area contributed by atoms with Gasteiger partial charge in [-0.1, -0.05) is 115 Å². The zero-order chi connectivity index (χ0) is 40.3. The average molecular weight is 782 g/mol. The Morgan fingerprint density at radius 3 is 1.54 bits per heavy atom. The summed E-state index contributed by atoms with van der Waals surface area (Å²) in [5.41, 5.74) is 13.4. The van der Waals surface area contributed by atoms with Crippen molar-refractivity contribution in [2.75, 3.05) is 4.90 Å². The van der Waals surface area contributed by atoms with E-state index in [0.29, 0.717) is 5.90 Å². The zero-order valence-electron chi connectivity index (χ0n) is 33.3. The lowest BCUT2D eigenvalue weighted by Gasteiger charge is -2.26. The van der Waals surface area contributed by atoms with Crippen molar-refractivity contribution in [3.63, 3.8) is 0 Å². The number of ether oxygens (including phenoxy) is 1. The molecule has 1 aliphatic carbocycles. The Morgan fingerprint density at radius 2 is 0.951 bits per heavy atom. The fourth-order valence-electron chi connectivity index (χ4n) is 9.15. The second-order valence-electron chi connectivity index (χ2n) is 15.9. The molecular weight excluding hydrogens is 743 g/mol. The van der Waals surface area contributed by atoms with Crippen LogP contribution in [0, 0.1) is 0 Å². The van der Waals surface area contributed by atoms with E-state index in [4.69, 9.17) is 9.73 Å². The van der Waals surface area contributed by atoms with Crippen LogP contribution >= 0.6 is 0 Å². The Labute approximate surface area is 354 Å². The molecule has 12 rings (SSSR count). The SMILES string of the molecule is C1=CCC2OC(c3ccc(N(c4ccccc4)c4ccc(-n5c6ccc(-c7ccc8ccccc8c7)cc6c6cc(-c7ccc8ccccc8c7)ccc65)cc4)cc3)=NC2=C1. The molecule has 1 atom stereocenters. The molecule has 0 spiro atoms. The number of rotatable bonds is 7. The summed E-state index contributed by atoms with van der Waals surface area (Å²) in [5, 5.41) is 7.43. The second-order valence-corrected chi connectivity index (χ2v) is 15.9. The Balaban J connectivity index is 0.961. The van der Waals surface area contributed by atoms with Crippen molar-refractivity contribution in [2.45, 2.75) is 12.5 Å². The van der Waals surface area contributed by atoms with E-state index in [-0.39, 0.29) is 6.10 Å². The predicted octanol–water partition coefficient (Wildman–Crippen LogP) is 14.9. The lowest BCUT2D eigenvalue weighted by molar-refractivity contribution is 0.247. The minimum absolute atomic E-state index is 0.00636. The van der Waals surface area contributed by atoms with Crippen molar-refractivity contribution in [3.05, 3.63) is 230 Å². The van der Waals surface area contributed by atoms with Crippen LogP contribution in [0.25, 0.3) is 71.3 Å². The van der Waals surface area contributed by atoms with Crippen molar-refractivity contribution in [1.29, 1.82) is 0 Å². The van der Waals surface area contributed by atoms with Crippen molar-refractivity contribution in [1.82, 2.24) is 4.57 Å². The number of nitrogens with zero attached hydrogens (tertiary/aromatic N) is 3. The van der Waals surface area contributed by atoms with Gasteiger partial charge in [0.2, 0.25) is 5.90 Å². The van der Waals surface area contributed by atoms with Gasteiger partial charge in [-0.2, -0.15) is 0 Å². The smallest absolute Gasteiger partial charge is 0.221 e. The van der Waals surface area contributed by atoms with E-state index in [1.165, 1.54) is 65.6 Å². The normalized spacial score (nSPS) is 14.6. The molecular formula is C57H39N3O. The number of para-hydroxylation sites is 1. The highest BCUT2D eigenvalue weighted by molar-refractivity contribution is 6.12. The Bertz CT molecular complexity index is 3270. The van der Waals surface area contributed by atoms with Gasteiger partial charge in [0.15, 0.2) is 0 Å². The van der Waals surface area contributed by atoms with Crippen molar-refractivity contribution < 1.29 is 4.74 Å². The lowest BCUT2D eigenvalue weighted by Crippen LogP contribution is -2.13. The first kappa shape index (κ1) is 35.0. The standard InChI is InChI=1S/C57H39N3O/c1-2-14-47(15-3-1)59(48-26-22-40(23-27-48)57-58-53-16-8-9-17-56(53)61-57)49-28-30-50(31-29-49)60-54-32-24-45(43-20-18-38-10-4-6-12-41(38)34-43)36-51(54)52-37-46(25-33-55(52)60)44-21-19-39-11-5-7-13-42(39)35-44/h1-16,18-37,56H,17H2. The molecule has 0 amide bonds. The van der Waals surface area contributed by atoms with Crippen molar-refractivity contribution in [2.24, 2.45) is 4.99 Å². The van der Waals surface area contributed by atoms with E-state index in [1.807, 2.05) is 6.08 Å². The molecule has 4 heteroatoms. The van der Waals surface area contributed by atoms with Gasteiger partial charge in [0.05, 0.1) is 16.7 Å². The van der Waals surface area contributed by atoms with Gasteiger partial charge in [-0.3, -0.25) is 0 Å². The quantitative estimate of drug-likeness (QED) is 0.161. The predicted molar refractivity (Wildman–Crippen MR) is 255 cm³/mol. The summed E-state index contributed by atoms with van der Waals surface area (Å²) >= 11 is 0. The molecule has 4 nitrogen and oxygen atoms in total. The number of allylic oxidation sites excluding steroid dienone is 2. The Hall–Kier alpha value is -7.95. The van der Waals surface area contributed by atoms with E-state index >= 15 is 0 Å². The third-order valence-corrected chi connectivity index (χ3v) is 12.3. The number of aromatic nitrogens is 1. The van der Waals surface area contributed by atoms with Crippen LogP contribution in [0.4, 0.5) is 17.1 Å². The summed E-state index contributed by atoms with van der Waals surface area (Å²) < 4.78 is 8.65. The summed E-state index contributed by atoms with van der Waals surface area (Å²) in [7, 11) is 0. The maximum Gasteiger partial charge on any atom is 0.221 e. The first-order valence-corrected chi connectivity index (χ1v) is 20.9. The Kier molecular flexibility index (Phi) is 8.27. The topological polar surface area (TPSA) is 29.8 Å². The third-order valence-electron chi connectivity index (χ3n) is 12.3. The molecule has 0 radical (unpaired) electrons. The maximum absolute atomic E-state index is 6.23. The molecule has 10 aromatic rings. The fraction of sp³-hybridized carbons (Fsp3) is 0.0351. The van der Waals surface area contributed by atoms with E-state index < -0.39 is 0 Å². The fourth-order valence-corrected chi connectivity index (χ4v) is 9.15. The van der Waals surface area contributed by atoms with Crippen molar-refractivity contribution in [3.8, 4) is 27.9 Å². The van der Waals surface area contributed by atoms with Gasteiger partial charge < -0.3 is 14.2 Å². The second kappa shape index (κ2) is 14.4. The van der Waals surface area contributed by atoms with Gasteiger partial charge >= 0.3 is 0 Å². The average Bonchev–Trinajstić information content (AvgIpc) is 3.91. The van der Waals surface area contributed by atoms with E-state index in [2.05, 4.69) is 222 Å². The van der Waals surface area contributed by atoms with Gasteiger partial charge in [-0.25, -0.2) is 4.99 Å². The molecule has 0 fully saturated rings. The first-order chi connectivity index (χ1) is 30.2. The number of fused-ring (bicyclic) bond motifs is 6. The van der Waals surface area contributed by atoms with E-state index in [9.17, 15) is 0 Å². The molecule has 1 aromatic heterocycles. The van der Waals surface area contributed by atoms with Crippen LogP contribution in [0.2, 0.25) is 0 Å². The number of anilines is 3. The molecule has 2 heterocycles. The zero-order valence-corrected chi connectivity index (χ0v) is 33.3. The highest BCUT2D eigenvalue weighted by Crippen LogP contribution is 2.40. The molecule has 2 aliphatic rings. The van der Waals surface area contributed by atoms with Gasteiger partial charge in [-0.15, -0.1) is 0 Å². The van der Waals surface area contributed by atoms with Crippen LogP contribution in [0.15, 0.2) is 229 Å². The molecule has 0 saturated carbocycles. The highest BCUT2D eigenvalue weighted by atomic mass is 16.5. The van der Waals surface area contributed by atoms with E-state index in [1.54, 1.807) is 0 Å². The van der Waals surface area contributed by atoms with Crippen LogP contribution in [0.1, 0.15) is 12.0 Å². The van der Waals surface area contributed by atoms with Crippen LogP contribution in [0.3, 0.4) is 0 Å². The van der Waals surface area contributed by atoms with Crippen LogP contribution in [0.5, 0.6) is 0 Å². The van der Waals surface area contributed by atoms with Gasteiger partial charge in [0.25, 0.3) is 0 Å². The molecule has 1 unspecified atom stereocenters. The van der Waals surface area contributed by atoms with Gasteiger partial charge in [-0.05, 0) is 147 Å². The third kappa shape index (κ3) is 6.20. The van der Waals surface area contributed by atoms with E-state index in [0.717, 1.165) is 40.4 Å².